The molecule has 0 unspecified atom stereocenters. The quantitative estimate of drug-likeness (QED) is 0.431. The van der Waals surface area contributed by atoms with Crippen LogP contribution in [-0.2, 0) is 9.84 Å². The van der Waals surface area contributed by atoms with Crippen molar-refractivity contribution in [2.24, 2.45) is 9.98 Å². The zero-order chi connectivity index (χ0) is 8.91. The molecule has 0 amide bonds. The van der Waals surface area contributed by atoms with Crippen LogP contribution in [0.2, 0.25) is 0 Å². The fraction of sp³-hybridized carbons (Fsp3) is 0.667. The number of amidine groups is 1. The molecule has 0 aliphatic heterocycles. The number of sulfone groups is 1. The van der Waals surface area contributed by atoms with Crippen molar-refractivity contribution in [3.05, 3.63) is 0 Å². The Morgan fingerprint density at radius 2 is 2.09 bits per heavy atom. The van der Waals surface area contributed by atoms with Gasteiger partial charge in [-0.3, -0.25) is 4.99 Å². The average molecular weight is 176 g/mol. The fourth-order valence-corrected chi connectivity index (χ4v) is 1.09. The molecule has 0 aromatic heterocycles. The molecule has 0 spiro atoms. The summed E-state index contributed by atoms with van der Waals surface area (Å²) in [5.74, 6) is 0. The molecule has 64 valence electrons. The molecule has 5 heteroatoms. The highest BCUT2D eigenvalue weighted by Crippen LogP contribution is 1.90. The summed E-state index contributed by atoms with van der Waals surface area (Å²) in [6, 6.07) is 0. The number of nitrogens with zero attached hydrogens (tertiary/aromatic N) is 2. The predicted octanol–water partition coefficient (Wildman–Crippen LogP) is 0.498. The molecule has 0 aliphatic rings. The van der Waals surface area contributed by atoms with Gasteiger partial charge in [-0.25, -0.2) is 13.4 Å². The topological polar surface area (TPSA) is 58.9 Å². The van der Waals surface area contributed by atoms with Crippen molar-refractivity contribution < 1.29 is 8.42 Å². The van der Waals surface area contributed by atoms with E-state index in [1.54, 1.807) is 0 Å². The lowest BCUT2D eigenvalue weighted by molar-refractivity contribution is 0.612. The lowest BCUT2D eigenvalue weighted by Gasteiger charge is -1.93. The third-order valence-electron chi connectivity index (χ3n) is 0.907. The van der Waals surface area contributed by atoms with E-state index in [9.17, 15) is 8.42 Å². The molecular weight excluding hydrogens is 164 g/mol. The van der Waals surface area contributed by atoms with E-state index >= 15 is 0 Å². The second kappa shape index (κ2) is 4.23. The van der Waals surface area contributed by atoms with Gasteiger partial charge < -0.3 is 0 Å². The third-order valence-corrected chi connectivity index (χ3v) is 1.86. The van der Waals surface area contributed by atoms with E-state index in [1.807, 2.05) is 6.92 Å². The summed E-state index contributed by atoms with van der Waals surface area (Å²) in [5, 5.41) is -0.112. The summed E-state index contributed by atoms with van der Waals surface area (Å²) in [7, 11) is -1.83. The van der Waals surface area contributed by atoms with Gasteiger partial charge >= 0.3 is 0 Å². The highest BCUT2D eigenvalue weighted by atomic mass is 32.2. The largest absolute Gasteiger partial charge is 0.260 e. The van der Waals surface area contributed by atoms with Gasteiger partial charge in [0.15, 0.2) is 0 Å². The van der Waals surface area contributed by atoms with Gasteiger partial charge in [-0.05, 0) is 6.42 Å². The van der Waals surface area contributed by atoms with Crippen LogP contribution in [0.3, 0.4) is 0 Å². The summed E-state index contributed by atoms with van der Waals surface area (Å²) in [5.41, 5.74) is 0. The van der Waals surface area contributed by atoms with E-state index in [0.717, 1.165) is 6.26 Å². The van der Waals surface area contributed by atoms with Gasteiger partial charge in [0.05, 0.1) is 0 Å². The van der Waals surface area contributed by atoms with Crippen molar-refractivity contribution in [3.8, 4) is 0 Å². The third kappa shape index (κ3) is 3.87. The molecule has 0 saturated heterocycles. The Labute approximate surface area is 67.0 Å². The molecule has 0 aliphatic carbocycles. The molecule has 4 nitrogen and oxygen atoms in total. The van der Waals surface area contributed by atoms with E-state index in [1.165, 1.54) is 13.3 Å². The molecule has 0 fully saturated rings. The van der Waals surface area contributed by atoms with Gasteiger partial charge in [0.1, 0.15) is 0 Å². The molecule has 0 N–H and O–H groups in total. The number of rotatable bonds is 1. The molecule has 0 aromatic rings. The maximum absolute atomic E-state index is 10.8. The van der Waals surface area contributed by atoms with Crippen LogP contribution in [0.4, 0.5) is 0 Å². The summed E-state index contributed by atoms with van der Waals surface area (Å²) >= 11 is 0. The average Bonchev–Trinajstić information content (AvgIpc) is 1.87. The lowest BCUT2D eigenvalue weighted by Crippen LogP contribution is -2.09. The molecular formula is C6H12N2O2S. The normalized spacial score (nSPS) is 14.3. The van der Waals surface area contributed by atoms with E-state index in [0.29, 0.717) is 6.42 Å². The molecule has 0 saturated carbocycles. The van der Waals surface area contributed by atoms with Gasteiger partial charge in [0, 0.05) is 19.5 Å². The van der Waals surface area contributed by atoms with Crippen LogP contribution >= 0.6 is 0 Å². The predicted molar refractivity (Wildman–Crippen MR) is 47.0 cm³/mol. The van der Waals surface area contributed by atoms with Gasteiger partial charge in [-0.15, -0.1) is 0 Å². The summed E-state index contributed by atoms with van der Waals surface area (Å²) in [6.45, 7) is 1.87. The molecule has 0 atom stereocenters. The van der Waals surface area contributed by atoms with Gasteiger partial charge in [0.25, 0.3) is 0 Å². The first-order chi connectivity index (χ1) is 5.02. The Balaban J connectivity index is 4.61. The van der Waals surface area contributed by atoms with Crippen molar-refractivity contribution in [2.75, 3.05) is 13.3 Å². The zero-order valence-corrected chi connectivity index (χ0v) is 7.72. The Kier molecular flexibility index (Phi) is 3.95. The van der Waals surface area contributed by atoms with Crippen molar-refractivity contribution in [3.63, 3.8) is 0 Å². The smallest absolute Gasteiger partial charge is 0.241 e. The van der Waals surface area contributed by atoms with Crippen LogP contribution in [0.5, 0.6) is 0 Å². The summed E-state index contributed by atoms with van der Waals surface area (Å²) in [4.78, 5) is 7.20. The number of aliphatic imine (C=N–C) groups is 2. The van der Waals surface area contributed by atoms with Crippen LogP contribution in [-0.4, -0.2) is 33.1 Å². The number of hydrogen-bond donors (Lipinski definition) is 0. The first kappa shape index (κ1) is 10.3. The molecule has 0 heterocycles. The van der Waals surface area contributed by atoms with Crippen LogP contribution in [0.1, 0.15) is 13.3 Å². The monoisotopic (exact) mass is 176 g/mol. The SMILES string of the molecule is CCC=NC(=NC)S(C)(=O)=O. The maximum Gasteiger partial charge on any atom is 0.241 e. The first-order valence-electron chi connectivity index (χ1n) is 3.21. The number of hydrogen-bond acceptors (Lipinski definition) is 3. The Hall–Kier alpha value is -0.710. The second-order valence-corrected chi connectivity index (χ2v) is 3.91. The van der Waals surface area contributed by atoms with E-state index < -0.39 is 9.84 Å². The van der Waals surface area contributed by atoms with Crippen molar-refractivity contribution >= 4 is 21.2 Å². The van der Waals surface area contributed by atoms with Crippen molar-refractivity contribution in [1.29, 1.82) is 0 Å². The maximum atomic E-state index is 10.8. The second-order valence-electron chi connectivity index (χ2n) is 2.00. The molecule has 0 rings (SSSR count). The zero-order valence-electron chi connectivity index (χ0n) is 6.90. The van der Waals surface area contributed by atoms with Crippen molar-refractivity contribution in [2.45, 2.75) is 13.3 Å². The minimum atomic E-state index is -3.24. The Morgan fingerprint density at radius 1 is 1.55 bits per heavy atom. The minimum absolute atomic E-state index is 0.112. The van der Waals surface area contributed by atoms with E-state index in [-0.39, 0.29) is 5.17 Å². The fourth-order valence-electron chi connectivity index (χ4n) is 0.489. The van der Waals surface area contributed by atoms with E-state index in [2.05, 4.69) is 9.98 Å². The van der Waals surface area contributed by atoms with Crippen LogP contribution in [0, 0.1) is 0 Å². The molecule has 11 heavy (non-hydrogen) atoms. The Morgan fingerprint density at radius 3 is 2.36 bits per heavy atom. The van der Waals surface area contributed by atoms with Crippen LogP contribution in [0.15, 0.2) is 9.98 Å². The van der Waals surface area contributed by atoms with Crippen LogP contribution in [0.25, 0.3) is 0 Å². The van der Waals surface area contributed by atoms with Gasteiger partial charge in [0.2, 0.25) is 15.0 Å². The van der Waals surface area contributed by atoms with Gasteiger partial charge in [-0.1, -0.05) is 6.92 Å². The van der Waals surface area contributed by atoms with Crippen molar-refractivity contribution in [1.82, 2.24) is 0 Å². The molecule has 0 radical (unpaired) electrons. The summed E-state index contributed by atoms with van der Waals surface area (Å²) in [6.07, 6.45) is 3.31. The summed E-state index contributed by atoms with van der Waals surface area (Å²) < 4.78 is 21.6. The first-order valence-corrected chi connectivity index (χ1v) is 5.11. The standard InChI is InChI=1S/C6H12N2O2S/c1-4-5-8-6(7-2)11(3,9)10/h5H,4H2,1-3H3. The molecule has 0 bridgehead atoms. The minimum Gasteiger partial charge on any atom is -0.260 e. The highest BCUT2D eigenvalue weighted by molar-refractivity contribution is 8.05. The highest BCUT2D eigenvalue weighted by Gasteiger charge is 2.08. The van der Waals surface area contributed by atoms with Crippen LogP contribution < -0.4 is 0 Å². The Bertz CT molecular complexity index is 264. The lowest BCUT2D eigenvalue weighted by atomic mass is 10.5. The van der Waals surface area contributed by atoms with E-state index in [4.69, 9.17) is 0 Å². The van der Waals surface area contributed by atoms with Gasteiger partial charge in [-0.2, -0.15) is 0 Å². The molecule has 0 aromatic carbocycles.